The van der Waals surface area contributed by atoms with E-state index in [1.807, 2.05) is 6.92 Å². The number of carbonyl (C=O) groups is 1. The van der Waals surface area contributed by atoms with E-state index in [-0.39, 0.29) is 5.92 Å². The molecular formula is C6H9Cl2NO. The zero-order valence-electron chi connectivity index (χ0n) is 5.82. The third-order valence-corrected chi connectivity index (χ3v) is 3.97. The summed E-state index contributed by atoms with van der Waals surface area (Å²) in [5.74, 6) is -0.467. The van der Waals surface area contributed by atoms with Crippen molar-refractivity contribution < 1.29 is 4.79 Å². The lowest BCUT2D eigenvalue weighted by Gasteiger charge is -2.04. The molecule has 0 radical (unpaired) electrons. The Bertz CT molecular complexity index is 192. The van der Waals surface area contributed by atoms with Gasteiger partial charge in [-0.05, 0) is 6.92 Å². The van der Waals surface area contributed by atoms with Crippen LogP contribution < -0.4 is 5.73 Å². The molecule has 0 aliphatic heterocycles. The van der Waals surface area contributed by atoms with Crippen molar-refractivity contribution >= 4 is 29.1 Å². The van der Waals surface area contributed by atoms with Gasteiger partial charge in [0, 0.05) is 5.92 Å². The number of amides is 1. The van der Waals surface area contributed by atoms with Crippen LogP contribution in [0, 0.1) is 11.3 Å². The van der Waals surface area contributed by atoms with Gasteiger partial charge in [-0.15, -0.1) is 23.2 Å². The topological polar surface area (TPSA) is 43.1 Å². The molecule has 1 amide bonds. The molecular weight excluding hydrogens is 173 g/mol. The molecule has 0 bridgehead atoms. The Morgan fingerprint density at radius 1 is 1.60 bits per heavy atom. The number of primary amides is 1. The van der Waals surface area contributed by atoms with E-state index in [4.69, 9.17) is 28.9 Å². The smallest absolute Gasteiger partial charge is 0.226 e. The highest BCUT2D eigenvalue weighted by atomic mass is 35.5. The van der Waals surface area contributed by atoms with Crippen LogP contribution in [-0.2, 0) is 4.79 Å². The lowest BCUT2D eigenvalue weighted by atomic mass is 10.1. The summed E-state index contributed by atoms with van der Waals surface area (Å²) in [6, 6.07) is 0. The Kier molecular flexibility index (Phi) is 1.47. The Labute approximate surface area is 69.7 Å². The van der Waals surface area contributed by atoms with Gasteiger partial charge >= 0.3 is 0 Å². The molecule has 1 rings (SSSR count). The second kappa shape index (κ2) is 1.80. The second-order valence-electron chi connectivity index (χ2n) is 2.91. The molecule has 4 heteroatoms. The average Bonchev–Trinajstić information content (AvgIpc) is 2.16. The zero-order valence-corrected chi connectivity index (χ0v) is 7.33. The van der Waals surface area contributed by atoms with Crippen molar-refractivity contribution in [3.63, 3.8) is 0 Å². The van der Waals surface area contributed by atoms with Crippen molar-refractivity contribution in [2.24, 2.45) is 17.1 Å². The van der Waals surface area contributed by atoms with E-state index in [0.29, 0.717) is 0 Å². The Morgan fingerprint density at radius 2 is 1.90 bits per heavy atom. The first kappa shape index (κ1) is 8.15. The van der Waals surface area contributed by atoms with E-state index >= 15 is 0 Å². The van der Waals surface area contributed by atoms with Crippen molar-refractivity contribution in [1.29, 1.82) is 0 Å². The second-order valence-corrected chi connectivity index (χ2v) is 4.30. The minimum Gasteiger partial charge on any atom is -0.369 e. The van der Waals surface area contributed by atoms with Crippen molar-refractivity contribution in [2.45, 2.75) is 18.2 Å². The molecule has 1 aliphatic rings. The molecule has 2 N–H and O–H groups in total. The van der Waals surface area contributed by atoms with Gasteiger partial charge in [-0.3, -0.25) is 4.79 Å². The number of rotatable bonds is 1. The number of nitrogens with two attached hydrogens (primary N) is 1. The first-order valence-electron chi connectivity index (χ1n) is 3.03. The molecule has 2 atom stereocenters. The number of hydrogen-bond acceptors (Lipinski definition) is 1. The maximum Gasteiger partial charge on any atom is 0.226 e. The van der Waals surface area contributed by atoms with E-state index in [2.05, 4.69) is 0 Å². The van der Waals surface area contributed by atoms with Gasteiger partial charge in [-0.25, -0.2) is 0 Å². The minimum atomic E-state index is -0.946. The normalized spacial score (nSPS) is 43.0. The van der Waals surface area contributed by atoms with Crippen LogP contribution in [0.4, 0.5) is 0 Å². The van der Waals surface area contributed by atoms with Crippen molar-refractivity contribution in [1.82, 2.24) is 0 Å². The fourth-order valence-electron chi connectivity index (χ4n) is 1.11. The zero-order chi connectivity index (χ0) is 8.15. The summed E-state index contributed by atoms with van der Waals surface area (Å²) in [4.78, 5) is 10.8. The molecule has 0 unspecified atom stereocenters. The van der Waals surface area contributed by atoms with E-state index in [1.165, 1.54) is 0 Å². The van der Waals surface area contributed by atoms with Crippen molar-refractivity contribution in [3.05, 3.63) is 0 Å². The summed E-state index contributed by atoms with van der Waals surface area (Å²) in [5.41, 5.74) is 4.36. The fraction of sp³-hybridized carbons (Fsp3) is 0.833. The lowest BCUT2D eigenvalue weighted by molar-refractivity contribution is -0.122. The average molecular weight is 182 g/mol. The van der Waals surface area contributed by atoms with Gasteiger partial charge in [-0.2, -0.15) is 0 Å². The number of carbonyl (C=O) groups excluding carboxylic acids is 1. The number of halogens is 2. The van der Waals surface area contributed by atoms with Gasteiger partial charge in [0.25, 0.3) is 0 Å². The molecule has 0 saturated heterocycles. The van der Waals surface area contributed by atoms with E-state index < -0.39 is 15.7 Å². The van der Waals surface area contributed by atoms with Gasteiger partial charge in [0.15, 0.2) is 0 Å². The predicted molar refractivity (Wildman–Crippen MR) is 40.9 cm³/mol. The van der Waals surface area contributed by atoms with Crippen LogP contribution >= 0.6 is 23.2 Å². The molecule has 0 spiro atoms. The third-order valence-electron chi connectivity index (χ3n) is 2.53. The van der Waals surface area contributed by atoms with Gasteiger partial charge in [0.2, 0.25) is 5.91 Å². The van der Waals surface area contributed by atoms with E-state index in [0.717, 1.165) is 0 Å². The van der Waals surface area contributed by atoms with Crippen LogP contribution in [-0.4, -0.2) is 10.2 Å². The highest BCUT2D eigenvalue weighted by molar-refractivity contribution is 6.53. The van der Waals surface area contributed by atoms with Crippen LogP contribution in [0.1, 0.15) is 13.8 Å². The van der Waals surface area contributed by atoms with Gasteiger partial charge < -0.3 is 5.73 Å². The first-order valence-corrected chi connectivity index (χ1v) is 3.78. The number of alkyl halides is 2. The predicted octanol–water partition coefficient (Wildman–Crippen LogP) is 1.30. The van der Waals surface area contributed by atoms with Crippen LogP contribution in [0.15, 0.2) is 0 Å². The Balaban J connectivity index is 2.88. The highest BCUT2D eigenvalue weighted by Gasteiger charge is 2.74. The molecule has 0 heterocycles. The molecule has 0 aromatic rings. The summed E-state index contributed by atoms with van der Waals surface area (Å²) in [6.07, 6.45) is 0. The Hall–Kier alpha value is 0.0500. The van der Waals surface area contributed by atoms with Gasteiger partial charge in [-0.1, -0.05) is 6.92 Å². The molecule has 2 nitrogen and oxygen atoms in total. The van der Waals surface area contributed by atoms with Crippen molar-refractivity contribution in [3.8, 4) is 0 Å². The SMILES string of the molecule is C[C@@H]1C(Cl)(Cl)[C@@]1(C)C(N)=O. The quantitative estimate of drug-likeness (QED) is 0.610. The summed E-state index contributed by atoms with van der Waals surface area (Å²) in [5, 5.41) is 0. The number of hydrogen-bond donors (Lipinski definition) is 1. The monoisotopic (exact) mass is 181 g/mol. The van der Waals surface area contributed by atoms with Gasteiger partial charge in [0.1, 0.15) is 4.33 Å². The van der Waals surface area contributed by atoms with Crippen LogP contribution in [0.25, 0.3) is 0 Å². The maximum absolute atomic E-state index is 10.8. The molecule has 10 heavy (non-hydrogen) atoms. The summed E-state index contributed by atoms with van der Waals surface area (Å²) < 4.78 is -0.946. The molecule has 1 fully saturated rings. The first-order chi connectivity index (χ1) is 4.35. The van der Waals surface area contributed by atoms with Crippen LogP contribution in [0.2, 0.25) is 0 Å². The van der Waals surface area contributed by atoms with Crippen LogP contribution in [0.5, 0.6) is 0 Å². The van der Waals surface area contributed by atoms with Crippen molar-refractivity contribution in [2.75, 3.05) is 0 Å². The molecule has 1 aliphatic carbocycles. The van der Waals surface area contributed by atoms with Crippen LogP contribution in [0.3, 0.4) is 0 Å². The lowest BCUT2D eigenvalue weighted by Crippen LogP contribution is -2.26. The Morgan fingerprint density at radius 3 is 1.90 bits per heavy atom. The molecule has 58 valence electrons. The molecule has 1 saturated carbocycles. The van der Waals surface area contributed by atoms with E-state index in [1.54, 1.807) is 6.92 Å². The fourth-order valence-corrected chi connectivity index (χ4v) is 1.95. The summed E-state index contributed by atoms with van der Waals surface area (Å²) in [6.45, 7) is 3.49. The maximum atomic E-state index is 10.8. The summed E-state index contributed by atoms with van der Waals surface area (Å²) in [7, 11) is 0. The summed E-state index contributed by atoms with van der Waals surface area (Å²) >= 11 is 11.5. The molecule has 0 aromatic carbocycles. The largest absolute Gasteiger partial charge is 0.369 e. The standard InChI is InChI=1S/C6H9Cl2NO/c1-3-5(2,4(9)10)6(3,7)8/h3H,1-2H3,(H2,9,10)/t3-,5+/m0/s1. The third kappa shape index (κ3) is 0.638. The highest BCUT2D eigenvalue weighted by Crippen LogP contribution is 2.68. The minimum absolute atomic E-state index is 0.0409. The van der Waals surface area contributed by atoms with Gasteiger partial charge in [0.05, 0.1) is 5.41 Å². The van der Waals surface area contributed by atoms with E-state index in [9.17, 15) is 4.79 Å². The molecule has 0 aromatic heterocycles.